The highest BCUT2D eigenvalue weighted by Gasteiger charge is 2.26. The van der Waals surface area contributed by atoms with Crippen molar-refractivity contribution in [1.82, 2.24) is 0 Å². The number of fused-ring (bicyclic) bond motifs is 1. The second-order valence-electron chi connectivity index (χ2n) is 5.10. The lowest BCUT2D eigenvalue weighted by Crippen LogP contribution is -2.21. The van der Waals surface area contributed by atoms with Crippen LogP contribution in [0.1, 0.15) is 41.4 Å². The minimum absolute atomic E-state index is 0.543. The average Bonchev–Trinajstić information content (AvgIpc) is 2.47. The minimum atomic E-state index is 0.543. The molecule has 2 aromatic carbocycles. The first-order valence-corrected chi connectivity index (χ1v) is 6.74. The van der Waals surface area contributed by atoms with Gasteiger partial charge in [-0.2, -0.15) is 0 Å². The van der Waals surface area contributed by atoms with Crippen LogP contribution in [-0.4, -0.2) is 6.54 Å². The first-order valence-electron chi connectivity index (χ1n) is 6.74. The predicted molar refractivity (Wildman–Crippen MR) is 75.8 cm³/mol. The van der Waals surface area contributed by atoms with Crippen LogP contribution in [0.15, 0.2) is 54.6 Å². The predicted octanol–water partition coefficient (Wildman–Crippen LogP) is 3.65. The van der Waals surface area contributed by atoms with Gasteiger partial charge >= 0.3 is 0 Å². The van der Waals surface area contributed by atoms with Crippen molar-refractivity contribution in [1.29, 1.82) is 0 Å². The Labute approximate surface area is 109 Å². The van der Waals surface area contributed by atoms with E-state index in [4.69, 9.17) is 5.73 Å². The van der Waals surface area contributed by atoms with Gasteiger partial charge in [-0.15, -0.1) is 0 Å². The van der Waals surface area contributed by atoms with E-state index in [1.54, 1.807) is 0 Å². The summed E-state index contributed by atoms with van der Waals surface area (Å²) in [5.74, 6) is 1.09. The fraction of sp³-hybridized carbons (Fsp3) is 0.294. The van der Waals surface area contributed by atoms with Gasteiger partial charge in [-0.25, -0.2) is 0 Å². The van der Waals surface area contributed by atoms with Gasteiger partial charge in [0.25, 0.3) is 0 Å². The van der Waals surface area contributed by atoms with E-state index in [9.17, 15) is 0 Å². The van der Waals surface area contributed by atoms with Crippen LogP contribution in [0.5, 0.6) is 0 Å². The lowest BCUT2D eigenvalue weighted by Gasteiger charge is -2.31. The highest BCUT2D eigenvalue weighted by Crippen LogP contribution is 2.41. The van der Waals surface area contributed by atoms with E-state index < -0.39 is 0 Å². The van der Waals surface area contributed by atoms with Crippen LogP contribution in [0, 0.1) is 0 Å². The molecule has 0 bridgehead atoms. The van der Waals surface area contributed by atoms with Crippen LogP contribution in [-0.2, 0) is 0 Å². The van der Waals surface area contributed by atoms with Gasteiger partial charge in [0.15, 0.2) is 0 Å². The molecule has 1 heteroatoms. The van der Waals surface area contributed by atoms with Crippen molar-refractivity contribution in [2.24, 2.45) is 5.73 Å². The fourth-order valence-corrected chi connectivity index (χ4v) is 3.16. The van der Waals surface area contributed by atoms with Crippen LogP contribution in [0.4, 0.5) is 0 Å². The van der Waals surface area contributed by atoms with Crippen LogP contribution in [0.25, 0.3) is 0 Å². The van der Waals surface area contributed by atoms with Crippen LogP contribution < -0.4 is 5.73 Å². The zero-order valence-corrected chi connectivity index (χ0v) is 10.5. The molecule has 0 saturated heterocycles. The lowest BCUT2D eigenvalue weighted by molar-refractivity contribution is 0.523. The van der Waals surface area contributed by atoms with Crippen molar-refractivity contribution in [3.63, 3.8) is 0 Å². The third-order valence-corrected chi connectivity index (χ3v) is 4.10. The topological polar surface area (TPSA) is 26.0 Å². The van der Waals surface area contributed by atoms with E-state index in [1.165, 1.54) is 29.5 Å². The minimum Gasteiger partial charge on any atom is -0.330 e. The largest absolute Gasteiger partial charge is 0.330 e. The summed E-state index contributed by atoms with van der Waals surface area (Å²) in [6.45, 7) is 0.762. The Morgan fingerprint density at radius 2 is 1.50 bits per heavy atom. The smallest absolute Gasteiger partial charge is 0.00924 e. The quantitative estimate of drug-likeness (QED) is 0.847. The van der Waals surface area contributed by atoms with Crippen molar-refractivity contribution < 1.29 is 0 Å². The molecule has 0 aromatic heterocycles. The van der Waals surface area contributed by atoms with E-state index in [2.05, 4.69) is 54.6 Å². The molecule has 2 aromatic rings. The van der Waals surface area contributed by atoms with Gasteiger partial charge in [-0.1, -0.05) is 54.6 Å². The van der Waals surface area contributed by atoms with Gasteiger partial charge in [0.05, 0.1) is 0 Å². The van der Waals surface area contributed by atoms with Gasteiger partial charge in [0.2, 0.25) is 0 Å². The standard InChI is InChI=1S/C17H19N/c18-12-14-10-11-16(13-6-2-1-3-7-13)17-9-5-4-8-15(14)17/h1-9,14,16H,10-12,18H2. The molecule has 92 valence electrons. The Kier molecular flexibility index (Phi) is 3.16. The zero-order valence-electron chi connectivity index (χ0n) is 10.5. The molecule has 0 spiro atoms. The summed E-state index contributed by atoms with van der Waals surface area (Å²) in [4.78, 5) is 0. The molecule has 0 saturated carbocycles. The maximum Gasteiger partial charge on any atom is 0.00924 e. The molecule has 0 fully saturated rings. The maximum absolute atomic E-state index is 5.90. The SMILES string of the molecule is NCC1CCC(c2ccccc2)c2ccccc21. The molecular formula is C17H19N. The second kappa shape index (κ2) is 4.95. The molecule has 1 aliphatic rings. The molecular weight excluding hydrogens is 218 g/mol. The van der Waals surface area contributed by atoms with Gasteiger partial charge in [-0.3, -0.25) is 0 Å². The number of hydrogen-bond donors (Lipinski definition) is 1. The van der Waals surface area contributed by atoms with Crippen LogP contribution in [0.3, 0.4) is 0 Å². The summed E-state index contributed by atoms with van der Waals surface area (Å²) in [6, 6.07) is 19.6. The Morgan fingerprint density at radius 1 is 0.833 bits per heavy atom. The van der Waals surface area contributed by atoms with Crippen LogP contribution in [0.2, 0.25) is 0 Å². The summed E-state index contributed by atoms with van der Waals surface area (Å²) in [5.41, 5.74) is 10.3. The van der Waals surface area contributed by atoms with Crippen molar-refractivity contribution in [2.75, 3.05) is 6.54 Å². The van der Waals surface area contributed by atoms with Crippen molar-refractivity contribution >= 4 is 0 Å². The van der Waals surface area contributed by atoms with Gasteiger partial charge in [0.1, 0.15) is 0 Å². The number of nitrogens with two attached hydrogens (primary N) is 1. The van der Waals surface area contributed by atoms with Gasteiger partial charge in [0, 0.05) is 5.92 Å². The third kappa shape index (κ3) is 1.95. The Balaban J connectivity index is 2.04. The Bertz CT molecular complexity index is 518. The summed E-state index contributed by atoms with van der Waals surface area (Å²) in [6.07, 6.45) is 2.41. The highest BCUT2D eigenvalue weighted by molar-refractivity contribution is 5.42. The van der Waals surface area contributed by atoms with E-state index >= 15 is 0 Å². The molecule has 0 radical (unpaired) electrons. The molecule has 18 heavy (non-hydrogen) atoms. The average molecular weight is 237 g/mol. The lowest BCUT2D eigenvalue weighted by atomic mass is 9.74. The Hall–Kier alpha value is -1.60. The molecule has 2 unspecified atom stereocenters. The third-order valence-electron chi connectivity index (χ3n) is 4.10. The van der Waals surface area contributed by atoms with Crippen LogP contribution >= 0.6 is 0 Å². The first-order chi connectivity index (χ1) is 8.90. The fourth-order valence-electron chi connectivity index (χ4n) is 3.16. The Morgan fingerprint density at radius 3 is 2.22 bits per heavy atom. The zero-order chi connectivity index (χ0) is 12.4. The van der Waals surface area contributed by atoms with Crippen molar-refractivity contribution in [2.45, 2.75) is 24.7 Å². The molecule has 0 amide bonds. The van der Waals surface area contributed by atoms with Gasteiger partial charge < -0.3 is 5.73 Å². The second-order valence-corrected chi connectivity index (χ2v) is 5.10. The molecule has 1 nitrogen and oxygen atoms in total. The molecule has 2 N–H and O–H groups in total. The molecule has 0 heterocycles. The molecule has 0 aliphatic heterocycles. The first kappa shape index (κ1) is 11.5. The molecule has 2 atom stereocenters. The summed E-state index contributed by atoms with van der Waals surface area (Å²) < 4.78 is 0. The summed E-state index contributed by atoms with van der Waals surface area (Å²) in [7, 11) is 0. The van der Waals surface area contributed by atoms with Crippen molar-refractivity contribution in [3.05, 3.63) is 71.3 Å². The van der Waals surface area contributed by atoms with E-state index in [-0.39, 0.29) is 0 Å². The molecule has 3 rings (SSSR count). The number of hydrogen-bond acceptors (Lipinski definition) is 1. The molecule has 1 aliphatic carbocycles. The van der Waals surface area contributed by atoms with E-state index in [0.717, 1.165) is 6.54 Å². The summed E-state index contributed by atoms with van der Waals surface area (Å²) >= 11 is 0. The van der Waals surface area contributed by atoms with Crippen molar-refractivity contribution in [3.8, 4) is 0 Å². The highest BCUT2D eigenvalue weighted by atomic mass is 14.6. The van der Waals surface area contributed by atoms with E-state index in [0.29, 0.717) is 11.8 Å². The van der Waals surface area contributed by atoms with E-state index in [1.807, 2.05) is 0 Å². The monoisotopic (exact) mass is 237 g/mol. The van der Waals surface area contributed by atoms with Gasteiger partial charge in [-0.05, 0) is 42.0 Å². The number of benzene rings is 2. The maximum atomic E-state index is 5.90. The summed E-state index contributed by atoms with van der Waals surface area (Å²) in [5, 5.41) is 0. The normalized spacial score (nSPS) is 22.5. The number of rotatable bonds is 2.